The molecule has 4 nitrogen and oxygen atoms in total. The third-order valence-electron chi connectivity index (χ3n) is 2.43. The van der Waals surface area contributed by atoms with E-state index in [2.05, 4.69) is 20.2 Å². The van der Waals surface area contributed by atoms with Gasteiger partial charge in [0.1, 0.15) is 11.3 Å². The predicted molar refractivity (Wildman–Crippen MR) is 67.1 cm³/mol. The molecule has 1 N–H and O–H groups in total. The van der Waals surface area contributed by atoms with Gasteiger partial charge in [0.05, 0.1) is 16.9 Å². The highest BCUT2D eigenvalue weighted by molar-refractivity contribution is 6.34. The number of nitrogens with one attached hydrogen (secondary N) is 1. The van der Waals surface area contributed by atoms with Gasteiger partial charge < -0.3 is 0 Å². The molecule has 0 aliphatic heterocycles. The molecule has 0 unspecified atom stereocenters. The van der Waals surface area contributed by atoms with Crippen LogP contribution in [0.3, 0.4) is 0 Å². The van der Waals surface area contributed by atoms with Crippen LogP contribution in [0.5, 0.6) is 0 Å². The number of aromatic amines is 1. The van der Waals surface area contributed by atoms with Gasteiger partial charge >= 0.3 is 0 Å². The Kier molecular flexibility index (Phi) is 2.65. The summed E-state index contributed by atoms with van der Waals surface area (Å²) in [5, 5.41) is 7.01. The molecule has 2 aromatic heterocycles. The van der Waals surface area contributed by atoms with Gasteiger partial charge in [0.2, 0.25) is 5.65 Å². The highest BCUT2D eigenvalue weighted by atomic mass is 35.5. The number of rotatable bonds is 1. The van der Waals surface area contributed by atoms with Crippen LogP contribution in [0.1, 0.15) is 0 Å². The van der Waals surface area contributed by atoms with E-state index in [4.69, 9.17) is 23.2 Å². The smallest absolute Gasteiger partial charge is 0.201 e. The second kappa shape index (κ2) is 4.19. The maximum atomic E-state index is 13.0. The van der Waals surface area contributed by atoms with Gasteiger partial charge in [-0.25, -0.2) is 14.4 Å². The maximum absolute atomic E-state index is 13.0. The Labute approximate surface area is 111 Å². The summed E-state index contributed by atoms with van der Waals surface area (Å²) in [5.74, 6) is -0.404. The normalized spacial score (nSPS) is 11.1. The van der Waals surface area contributed by atoms with Gasteiger partial charge in [-0.1, -0.05) is 23.2 Å². The average Bonchev–Trinajstić information content (AvgIpc) is 2.71. The molecule has 7 heteroatoms. The summed E-state index contributed by atoms with van der Waals surface area (Å²) in [7, 11) is 0. The van der Waals surface area contributed by atoms with Gasteiger partial charge in [0, 0.05) is 5.56 Å². The van der Waals surface area contributed by atoms with Crippen LogP contribution in [0.25, 0.3) is 22.4 Å². The number of aromatic nitrogens is 4. The Bertz CT molecular complexity index is 741. The molecule has 1 aromatic carbocycles. The second-order valence-corrected chi connectivity index (χ2v) is 4.37. The maximum Gasteiger partial charge on any atom is 0.201 e. The first-order chi connectivity index (χ1) is 8.65. The van der Waals surface area contributed by atoms with E-state index in [1.165, 1.54) is 18.3 Å². The van der Waals surface area contributed by atoms with E-state index < -0.39 is 5.82 Å². The minimum atomic E-state index is -0.404. The van der Waals surface area contributed by atoms with E-state index in [-0.39, 0.29) is 5.02 Å². The molecule has 0 saturated heterocycles. The van der Waals surface area contributed by atoms with Crippen LogP contribution in [0, 0.1) is 5.82 Å². The molecule has 0 aliphatic carbocycles. The van der Waals surface area contributed by atoms with Gasteiger partial charge in [-0.3, -0.25) is 5.10 Å². The molecule has 0 spiro atoms. The lowest BCUT2D eigenvalue weighted by atomic mass is 10.1. The van der Waals surface area contributed by atoms with Crippen molar-refractivity contribution in [2.24, 2.45) is 0 Å². The van der Waals surface area contributed by atoms with E-state index in [1.807, 2.05) is 0 Å². The summed E-state index contributed by atoms with van der Waals surface area (Å²) in [6, 6.07) is 4.07. The van der Waals surface area contributed by atoms with E-state index in [0.29, 0.717) is 27.6 Å². The SMILES string of the molecule is Fc1ccc(-c2cnc3n[nH]c(Cl)c3n2)c(Cl)c1. The minimum Gasteiger partial charge on any atom is -0.263 e. The van der Waals surface area contributed by atoms with Crippen LogP contribution in [0.15, 0.2) is 24.4 Å². The highest BCUT2D eigenvalue weighted by Crippen LogP contribution is 2.28. The lowest BCUT2D eigenvalue weighted by Crippen LogP contribution is -1.89. The molecule has 0 radical (unpaired) electrons. The average molecular weight is 283 g/mol. The lowest BCUT2D eigenvalue weighted by Gasteiger charge is -2.03. The summed E-state index contributed by atoms with van der Waals surface area (Å²) >= 11 is 11.8. The Hall–Kier alpha value is -1.72. The number of benzene rings is 1. The molecule has 18 heavy (non-hydrogen) atoms. The second-order valence-electron chi connectivity index (χ2n) is 3.59. The van der Waals surface area contributed by atoms with Gasteiger partial charge in [-0.2, -0.15) is 5.10 Å². The van der Waals surface area contributed by atoms with E-state index >= 15 is 0 Å². The zero-order valence-corrected chi connectivity index (χ0v) is 10.3. The topological polar surface area (TPSA) is 54.5 Å². The number of hydrogen-bond acceptors (Lipinski definition) is 3. The quantitative estimate of drug-likeness (QED) is 0.744. The first-order valence-corrected chi connectivity index (χ1v) is 5.73. The van der Waals surface area contributed by atoms with Crippen molar-refractivity contribution < 1.29 is 4.39 Å². The van der Waals surface area contributed by atoms with E-state index in [0.717, 1.165) is 0 Å². The molecule has 2 heterocycles. The minimum absolute atomic E-state index is 0.267. The number of hydrogen-bond donors (Lipinski definition) is 1. The van der Waals surface area contributed by atoms with Gasteiger partial charge in [-0.15, -0.1) is 0 Å². The fourth-order valence-corrected chi connectivity index (χ4v) is 2.03. The molecule has 3 rings (SSSR count). The van der Waals surface area contributed by atoms with Gasteiger partial charge in [0.25, 0.3) is 0 Å². The molecule has 0 atom stereocenters. The van der Waals surface area contributed by atoms with Crippen molar-refractivity contribution in [3.63, 3.8) is 0 Å². The van der Waals surface area contributed by atoms with Crippen LogP contribution in [-0.2, 0) is 0 Å². The summed E-state index contributed by atoms with van der Waals surface area (Å²) in [6.07, 6.45) is 1.51. The first kappa shape index (κ1) is 11.4. The van der Waals surface area contributed by atoms with Crippen LogP contribution in [0.2, 0.25) is 10.2 Å². The number of H-pyrrole nitrogens is 1. The van der Waals surface area contributed by atoms with Crippen molar-refractivity contribution in [1.82, 2.24) is 20.2 Å². The van der Waals surface area contributed by atoms with Crippen LogP contribution in [-0.4, -0.2) is 20.2 Å². The van der Waals surface area contributed by atoms with Crippen molar-refractivity contribution in [1.29, 1.82) is 0 Å². The third kappa shape index (κ3) is 1.81. The number of nitrogens with zero attached hydrogens (tertiary/aromatic N) is 3. The van der Waals surface area contributed by atoms with Gasteiger partial charge in [0.15, 0.2) is 5.15 Å². The van der Waals surface area contributed by atoms with Crippen molar-refractivity contribution in [2.45, 2.75) is 0 Å². The molecular formula is C11H5Cl2FN4. The van der Waals surface area contributed by atoms with Gasteiger partial charge in [-0.05, 0) is 18.2 Å². The summed E-state index contributed by atoms with van der Waals surface area (Å²) in [4.78, 5) is 8.40. The zero-order chi connectivity index (χ0) is 12.7. The Morgan fingerprint density at radius 3 is 2.83 bits per heavy atom. The lowest BCUT2D eigenvalue weighted by molar-refractivity contribution is 0.628. The first-order valence-electron chi connectivity index (χ1n) is 4.97. The molecule has 0 aliphatic rings. The van der Waals surface area contributed by atoms with Crippen molar-refractivity contribution >= 4 is 34.4 Å². The van der Waals surface area contributed by atoms with E-state index in [9.17, 15) is 4.39 Å². The fourth-order valence-electron chi connectivity index (χ4n) is 1.59. The van der Waals surface area contributed by atoms with Crippen molar-refractivity contribution in [3.8, 4) is 11.3 Å². The Morgan fingerprint density at radius 2 is 2.06 bits per heavy atom. The molecular weight excluding hydrogens is 278 g/mol. The number of fused-ring (bicyclic) bond motifs is 1. The van der Waals surface area contributed by atoms with E-state index in [1.54, 1.807) is 6.07 Å². The molecule has 0 fully saturated rings. The monoisotopic (exact) mass is 282 g/mol. The predicted octanol–water partition coefficient (Wildman–Crippen LogP) is 3.47. The van der Waals surface area contributed by atoms with Crippen molar-refractivity contribution in [3.05, 3.63) is 40.4 Å². The highest BCUT2D eigenvalue weighted by Gasteiger charge is 2.11. The Balaban J connectivity index is 2.21. The zero-order valence-electron chi connectivity index (χ0n) is 8.78. The Morgan fingerprint density at radius 1 is 1.22 bits per heavy atom. The molecule has 90 valence electrons. The summed E-state index contributed by atoms with van der Waals surface area (Å²) < 4.78 is 13.0. The van der Waals surface area contributed by atoms with Crippen LogP contribution >= 0.6 is 23.2 Å². The molecule has 0 bridgehead atoms. The van der Waals surface area contributed by atoms with Crippen LogP contribution in [0.4, 0.5) is 4.39 Å². The summed E-state index contributed by atoms with van der Waals surface area (Å²) in [6.45, 7) is 0. The summed E-state index contributed by atoms with van der Waals surface area (Å²) in [5.41, 5.74) is 1.97. The molecule has 3 aromatic rings. The fraction of sp³-hybridized carbons (Fsp3) is 0. The molecule has 0 saturated carbocycles. The van der Waals surface area contributed by atoms with Crippen LogP contribution < -0.4 is 0 Å². The standard InChI is InChI=1S/C11H5Cl2FN4/c12-7-3-5(14)1-2-6(7)8-4-15-11-9(16-8)10(13)17-18-11/h1-4H,(H,15,17,18). The molecule has 0 amide bonds. The van der Waals surface area contributed by atoms with Crippen molar-refractivity contribution in [2.75, 3.05) is 0 Å². The largest absolute Gasteiger partial charge is 0.263 e. The number of halogens is 3. The third-order valence-corrected chi connectivity index (χ3v) is 3.00.